The van der Waals surface area contributed by atoms with Crippen molar-refractivity contribution in [2.75, 3.05) is 32.4 Å². The highest BCUT2D eigenvalue weighted by Crippen LogP contribution is 2.42. The molecule has 0 bridgehead atoms. The standard InChI is InChI=1S/C30H40ClN3O5S/c1-29(2,3)39-28(36)32-26(24-7-5-6-8-25(24)31)13-17-33-18-14-30(15-19-33)16-20-34(27(30)35)21-22-9-11-23(12-10-22)40(4,37)38/h5-12,26H,13-21H2,1-4H3,(H,32,36)/p+1. The first-order valence-electron chi connectivity index (χ1n) is 13.8. The monoisotopic (exact) mass is 590 g/mol. The quantitative estimate of drug-likeness (QED) is 0.417. The van der Waals surface area contributed by atoms with Gasteiger partial charge in [-0.05, 0) is 88.9 Å². The molecule has 2 fully saturated rings. The fourth-order valence-corrected chi connectivity index (χ4v) is 6.51. The fourth-order valence-electron chi connectivity index (χ4n) is 5.60. The van der Waals surface area contributed by atoms with Crippen LogP contribution in [0.15, 0.2) is 53.4 Å². The van der Waals surface area contributed by atoms with Gasteiger partial charge in [-0.3, -0.25) is 4.79 Å². The molecule has 218 valence electrons. The highest BCUT2D eigenvalue weighted by atomic mass is 35.5. The van der Waals surface area contributed by atoms with Crippen LogP contribution in [0, 0.1) is 5.41 Å². The van der Waals surface area contributed by atoms with Gasteiger partial charge in [0.05, 0.1) is 17.7 Å². The number of hydrogen-bond donors (Lipinski definition) is 1. The van der Waals surface area contributed by atoms with Crippen LogP contribution in [0.25, 0.3) is 0 Å². The summed E-state index contributed by atoms with van der Waals surface area (Å²) in [4.78, 5) is 30.7. The Bertz CT molecular complexity index is 1320. The molecule has 2 amide bonds. The van der Waals surface area contributed by atoms with Gasteiger partial charge in [0.15, 0.2) is 0 Å². The predicted molar refractivity (Wildman–Crippen MR) is 157 cm³/mol. The van der Waals surface area contributed by atoms with E-state index in [1.165, 1.54) is 6.26 Å². The number of nitrogens with one attached hydrogen (secondary N) is 1. The van der Waals surface area contributed by atoms with E-state index in [-0.39, 0.29) is 17.4 Å². The van der Waals surface area contributed by atoms with E-state index in [0.29, 0.717) is 22.9 Å². The smallest absolute Gasteiger partial charge is 0.408 e. The summed E-state index contributed by atoms with van der Waals surface area (Å²) in [6, 6.07) is 14.2. The Morgan fingerprint density at radius 1 is 1.10 bits per heavy atom. The van der Waals surface area contributed by atoms with Crippen molar-refractivity contribution in [1.29, 1.82) is 0 Å². The van der Waals surface area contributed by atoms with E-state index in [0.717, 1.165) is 56.6 Å². The van der Waals surface area contributed by atoms with Gasteiger partial charge in [-0.25, -0.2) is 9.00 Å². The van der Waals surface area contributed by atoms with Gasteiger partial charge >= 0.3 is 6.09 Å². The zero-order chi connectivity index (χ0) is 29.1. The molecule has 2 N–H and O–H groups in total. The second kappa shape index (κ2) is 12.1. The summed E-state index contributed by atoms with van der Waals surface area (Å²) >= 11 is 6.48. The van der Waals surface area contributed by atoms with E-state index < -0.39 is 21.5 Å². The van der Waals surface area contributed by atoms with Crippen LogP contribution >= 0.6 is 11.6 Å². The number of ether oxygens (including phenoxy) is 1. The van der Waals surface area contributed by atoms with Gasteiger partial charge in [0.2, 0.25) is 5.91 Å². The second-order valence-corrected chi connectivity index (χ2v) is 14.5. The van der Waals surface area contributed by atoms with Crippen LogP contribution in [0.2, 0.25) is 5.02 Å². The van der Waals surface area contributed by atoms with Crippen molar-refractivity contribution < 1.29 is 22.7 Å². The van der Waals surface area contributed by atoms with Gasteiger partial charge in [-0.1, -0.05) is 41.9 Å². The number of piperidine rings is 1. The number of likely N-dealkylation sites (tertiary alicyclic amines) is 2. The Morgan fingerprint density at radius 3 is 2.33 bits per heavy atom. The molecule has 1 spiro atoms. The Labute approximate surface area is 242 Å². The van der Waals surface area contributed by atoms with E-state index in [1.807, 2.05) is 62.1 Å². The summed E-state index contributed by atoms with van der Waals surface area (Å²) in [7, 11) is -3.00. The van der Waals surface area contributed by atoms with E-state index in [1.54, 1.807) is 12.1 Å². The van der Waals surface area contributed by atoms with Crippen molar-refractivity contribution in [3.8, 4) is 0 Å². The van der Waals surface area contributed by atoms with Crippen molar-refractivity contribution in [2.24, 2.45) is 5.41 Å². The molecule has 2 unspecified atom stereocenters. The number of alkyl carbamates (subject to hydrolysis) is 1. The molecule has 2 aromatic carbocycles. The number of carbonyl (C=O) groups is 2. The number of amides is 2. The summed E-state index contributed by atoms with van der Waals surface area (Å²) in [5, 5.41) is 3.61. The van der Waals surface area contributed by atoms with E-state index in [4.69, 9.17) is 16.3 Å². The van der Waals surface area contributed by atoms with E-state index in [2.05, 4.69) is 10.2 Å². The zero-order valence-corrected chi connectivity index (χ0v) is 25.4. The van der Waals surface area contributed by atoms with Crippen molar-refractivity contribution >= 4 is 33.4 Å². The molecule has 0 aliphatic carbocycles. The third kappa shape index (κ3) is 7.56. The minimum absolute atomic E-state index is 0.207. The molecule has 0 aromatic heterocycles. The summed E-state index contributed by atoms with van der Waals surface area (Å²) in [5.74, 6) is 0.207. The largest absolute Gasteiger partial charge is 0.444 e. The molecule has 2 aliphatic rings. The first kappa shape index (κ1) is 30.3. The Balaban J connectivity index is 1.33. The topological polar surface area (TPSA) is 100 Å². The van der Waals surface area contributed by atoms with Gasteiger partial charge in [0.1, 0.15) is 10.5 Å². The summed E-state index contributed by atoms with van der Waals surface area (Å²) in [6.07, 6.45) is 3.96. The van der Waals surface area contributed by atoms with Crippen LogP contribution in [0.3, 0.4) is 0 Å². The predicted octanol–water partition coefficient (Wildman–Crippen LogP) is 5.37. The lowest BCUT2D eigenvalue weighted by molar-refractivity contribution is -0.138. The van der Waals surface area contributed by atoms with Crippen LogP contribution in [0.1, 0.15) is 63.6 Å². The third-order valence-electron chi connectivity index (χ3n) is 7.85. The summed E-state index contributed by atoms with van der Waals surface area (Å²) in [6.45, 7) is 9.14. The maximum absolute atomic E-state index is 13.5. The minimum atomic E-state index is -3.00. The molecule has 4 rings (SSSR count). The van der Waals surface area contributed by atoms with Crippen molar-refractivity contribution in [2.45, 2.75) is 69.5 Å². The van der Waals surface area contributed by atoms with Crippen molar-refractivity contribution in [3.05, 3.63) is 64.7 Å². The van der Waals surface area contributed by atoms with Gasteiger partial charge < -0.3 is 19.9 Å². The molecule has 2 heterocycles. The molecule has 0 saturated carbocycles. The SMILES string of the molecule is CC(C)(C)OC(=O)NC(CCN1CCC2(CC1)CCN(Cc1ccc(S(C)(=O)=[OH+])cc1)C2=O)c1ccccc1Cl. The number of rotatable bonds is 8. The Morgan fingerprint density at radius 2 is 1.73 bits per heavy atom. The van der Waals surface area contributed by atoms with E-state index in [9.17, 15) is 18.0 Å². The molecular formula is C30H41ClN3O5S+. The third-order valence-corrected chi connectivity index (χ3v) is 9.35. The number of nitrogens with zero attached hydrogens (tertiary/aromatic N) is 2. The molecule has 40 heavy (non-hydrogen) atoms. The van der Waals surface area contributed by atoms with Crippen molar-refractivity contribution in [3.63, 3.8) is 0 Å². The molecule has 2 aliphatic heterocycles. The van der Waals surface area contributed by atoms with Crippen LogP contribution in [-0.2, 0) is 25.9 Å². The lowest BCUT2D eigenvalue weighted by Crippen LogP contribution is -2.45. The fraction of sp³-hybridized carbons (Fsp3) is 0.533. The molecule has 2 atom stereocenters. The van der Waals surface area contributed by atoms with Gasteiger partial charge in [0.25, 0.3) is 9.84 Å². The minimum Gasteiger partial charge on any atom is -0.444 e. The number of carbonyl (C=O) groups excluding carboxylic acids is 2. The van der Waals surface area contributed by atoms with Crippen LogP contribution in [0.4, 0.5) is 4.79 Å². The Kier molecular flexibility index (Phi) is 9.17. The molecule has 2 aromatic rings. The lowest BCUT2D eigenvalue weighted by atomic mass is 9.77. The average Bonchev–Trinajstić information content (AvgIpc) is 3.16. The highest BCUT2D eigenvalue weighted by molar-refractivity contribution is 7.90. The van der Waals surface area contributed by atoms with Gasteiger partial charge in [0, 0.05) is 24.7 Å². The Hall–Kier alpha value is -2.62. The number of halogens is 1. The molecular weight excluding hydrogens is 550 g/mol. The maximum atomic E-state index is 13.5. The average molecular weight is 591 g/mol. The van der Waals surface area contributed by atoms with Crippen LogP contribution < -0.4 is 5.32 Å². The first-order valence-corrected chi connectivity index (χ1v) is 16.1. The van der Waals surface area contributed by atoms with Gasteiger partial charge in [-0.15, -0.1) is 0 Å². The summed E-state index contributed by atoms with van der Waals surface area (Å²) < 4.78 is 27.1. The normalized spacial score (nSPS) is 19.8. The molecule has 2 saturated heterocycles. The molecule has 0 radical (unpaired) electrons. The number of hydrogen-bond acceptors (Lipinski definition) is 5. The second-order valence-electron chi connectivity index (χ2n) is 12.1. The maximum Gasteiger partial charge on any atom is 0.408 e. The summed E-state index contributed by atoms with van der Waals surface area (Å²) in [5.41, 5.74) is 0.896. The van der Waals surface area contributed by atoms with E-state index >= 15 is 0 Å². The highest BCUT2D eigenvalue weighted by Gasteiger charge is 2.47. The van der Waals surface area contributed by atoms with Crippen LogP contribution in [0.5, 0.6) is 0 Å². The number of benzene rings is 2. The van der Waals surface area contributed by atoms with Gasteiger partial charge in [-0.2, -0.15) is 4.21 Å². The lowest BCUT2D eigenvalue weighted by Gasteiger charge is -2.38. The zero-order valence-electron chi connectivity index (χ0n) is 23.8. The molecule has 10 heteroatoms. The first-order chi connectivity index (χ1) is 18.8. The molecule has 8 nitrogen and oxygen atoms in total. The van der Waals surface area contributed by atoms with Crippen LogP contribution in [-0.4, -0.2) is 68.3 Å². The van der Waals surface area contributed by atoms with Crippen molar-refractivity contribution in [1.82, 2.24) is 15.1 Å².